The highest BCUT2D eigenvalue weighted by Gasteiger charge is 2.27. The smallest absolute Gasteiger partial charge is 0.161 e. The molecular weight excluding hydrogens is 723 g/mol. The van der Waals surface area contributed by atoms with Gasteiger partial charge in [-0.05, 0) is 42.5 Å². The third kappa shape index (κ3) is 4.92. The van der Waals surface area contributed by atoms with E-state index in [0.29, 0.717) is 22.6 Å². The largest absolute Gasteiger partial charge is 0.453 e. The Hall–Kier alpha value is -8.27. The van der Waals surface area contributed by atoms with E-state index in [2.05, 4.69) is 143 Å². The minimum atomic E-state index is 0.536. The summed E-state index contributed by atoms with van der Waals surface area (Å²) in [6.45, 7) is 0. The molecule has 0 fully saturated rings. The first-order valence-electron chi connectivity index (χ1n) is 19.6. The van der Waals surface area contributed by atoms with Crippen LogP contribution < -0.4 is 0 Å². The maximum absolute atomic E-state index is 11.3. The standard InChI is InChI=1S/C53H31N5O/c54-32-35-30-48(57-44-26-11-7-20-36(44)37-21-8-12-27-45(37)57)52-49(50(35)58-46-28-13-9-22-38(46)39-23-10-14-29-47(39)58)41-25-15-24-40(51(41)59-52)43-31-42(33-16-3-1-4-17-33)55-53(56-43)34-18-5-2-6-19-34/h1-31H. The molecule has 0 radical (unpaired) electrons. The molecule has 0 saturated heterocycles. The van der Waals surface area contributed by atoms with E-state index in [-0.39, 0.29) is 0 Å². The van der Waals surface area contributed by atoms with Crippen molar-refractivity contribution < 1.29 is 4.42 Å². The molecule has 8 aromatic carbocycles. The van der Waals surface area contributed by atoms with Gasteiger partial charge in [-0.3, -0.25) is 0 Å². The summed E-state index contributed by atoms with van der Waals surface area (Å²) >= 11 is 0. The number of nitriles is 1. The van der Waals surface area contributed by atoms with E-state index in [1.165, 1.54) is 0 Å². The molecule has 0 aliphatic rings. The number of benzene rings is 8. The van der Waals surface area contributed by atoms with Crippen molar-refractivity contribution in [3.05, 3.63) is 194 Å². The van der Waals surface area contributed by atoms with Crippen molar-refractivity contribution in [2.45, 2.75) is 0 Å². The Morgan fingerprint density at radius 3 is 1.51 bits per heavy atom. The van der Waals surface area contributed by atoms with E-state index in [4.69, 9.17) is 14.4 Å². The van der Waals surface area contributed by atoms with Crippen LogP contribution in [0.5, 0.6) is 0 Å². The molecule has 6 heteroatoms. The molecule has 12 aromatic rings. The fourth-order valence-electron chi connectivity index (χ4n) is 9.03. The molecule has 0 aliphatic carbocycles. The summed E-state index contributed by atoms with van der Waals surface area (Å²) in [6.07, 6.45) is 0. The third-order valence-corrected chi connectivity index (χ3v) is 11.6. The van der Waals surface area contributed by atoms with Crippen LogP contribution in [0.4, 0.5) is 0 Å². The van der Waals surface area contributed by atoms with Crippen LogP contribution in [0.1, 0.15) is 5.56 Å². The highest BCUT2D eigenvalue weighted by atomic mass is 16.3. The summed E-state index contributed by atoms with van der Waals surface area (Å²) in [5, 5.41) is 17.5. The first kappa shape index (κ1) is 32.9. The van der Waals surface area contributed by atoms with Crippen molar-refractivity contribution in [2.75, 3.05) is 0 Å². The maximum Gasteiger partial charge on any atom is 0.161 e. The van der Waals surface area contributed by atoms with Gasteiger partial charge in [0.25, 0.3) is 0 Å². The predicted octanol–water partition coefficient (Wildman–Crippen LogP) is 13.4. The second kappa shape index (κ2) is 12.9. The molecule has 0 amide bonds. The predicted molar refractivity (Wildman–Crippen MR) is 239 cm³/mol. The van der Waals surface area contributed by atoms with Gasteiger partial charge in [0.1, 0.15) is 11.7 Å². The third-order valence-electron chi connectivity index (χ3n) is 11.6. The average Bonchev–Trinajstić information content (AvgIpc) is 3.97. The Labute approximate surface area is 338 Å². The van der Waals surface area contributed by atoms with Crippen LogP contribution in [-0.4, -0.2) is 19.1 Å². The quantitative estimate of drug-likeness (QED) is 0.175. The minimum Gasteiger partial charge on any atom is -0.453 e. The van der Waals surface area contributed by atoms with Gasteiger partial charge >= 0.3 is 0 Å². The Kier molecular flexibility index (Phi) is 7.19. The molecule has 4 heterocycles. The topological polar surface area (TPSA) is 72.6 Å². The van der Waals surface area contributed by atoms with E-state index in [1.54, 1.807) is 0 Å². The van der Waals surface area contributed by atoms with Crippen LogP contribution in [0.2, 0.25) is 0 Å². The van der Waals surface area contributed by atoms with Crippen LogP contribution >= 0.6 is 0 Å². The van der Waals surface area contributed by atoms with Gasteiger partial charge in [0.2, 0.25) is 0 Å². The number of furan rings is 1. The van der Waals surface area contributed by atoms with Crippen LogP contribution in [0, 0.1) is 11.3 Å². The molecule has 0 spiro atoms. The molecule has 59 heavy (non-hydrogen) atoms. The average molecular weight is 754 g/mol. The van der Waals surface area contributed by atoms with E-state index in [0.717, 1.165) is 93.8 Å². The van der Waals surface area contributed by atoms with E-state index >= 15 is 0 Å². The van der Waals surface area contributed by atoms with Crippen LogP contribution in [0.25, 0.3) is 111 Å². The van der Waals surface area contributed by atoms with E-state index < -0.39 is 0 Å². The normalized spacial score (nSPS) is 11.7. The molecule has 6 nitrogen and oxygen atoms in total. The molecule has 0 atom stereocenters. The SMILES string of the molecule is N#Cc1cc(-n2c3ccccc3c3ccccc32)c2oc3c(-c4cc(-c5ccccc5)nc(-c5ccccc5)n4)cccc3c2c1-n1c2ccccc2c2ccccc21. The lowest BCUT2D eigenvalue weighted by atomic mass is 10.0. The number of nitrogens with zero attached hydrogens (tertiary/aromatic N) is 5. The summed E-state index contributed by atoms with van der Waals surface area (Å²) in [7, 11) is 0. The highest BCUT2D eigenvalue weighted by molar-refractivity contribution is 6.19. The van der Waals surface area contributed by atoms with Crippen molar-refractivity contribution >= 4 is 65.6 Å². The van der Waals surface area contributed by atoms with Gasteiger partial charge < -0.3 is 13.6 Å². The first-order chi connectivity index (χ1) is 29.2. The number of fused-ring (bicyclic) bond motifs is 9. The fourth-order valence-corrected chi connectivity index (χ4v) is 9.03. The van der Waals surface area contributed by atoms with Crippen molar-refractivity contribution in [1.82, 2.24) is 19.1 Å². The van der Waals surface area contributed by atoms with Gasteiger partial charge in [-0.15, -0.1) is 0 Å². The molecule has 0 aliphatic heterocycles. The number of hydrogen-bond donors (Lipinski definition) is 0. The molecule has 12 rings (SSSR count). The molecular formula is C53H31N5O. The molecule has 0 bridgehead atoms. The summed E-state index contributed by atoms with van der Waals surface area (Å²) in [6, 6.07) is 66.9. The number of aromatic nitrogens is 4. The summed E-state index contributed by atoms with van der Waals surface area (Å²) in [4.78, 5) is 10.3. The first-order valence-corrected chi connectivity index (χ1v) is 19.6. The Morgan fingerprint density at radius 1 is 0.441 bits per heavy atom. The molecule has 0 unspecified atom stereocenters. The van der Waals surface area contributed by atoms with Gasteiger partial charge in [0, 0.05) is 43.6 Å². The van der Waals surface area contributed by atoms with Gasteiger partial charge in [-0.2, -0.15) is 5.26 Å². The lowest BCUT2D eigenvalue weighted by Crippen LogP contribution is -2.02. The fraction of sp³-hybridized carbons (Fsp3) is 0. The lowest BCUT2D eigenvalue weighted by Gasteiger charge is -2.15. The van der Waals surface area contributed by atoms with Crippen molar-refractivity contribution in [2.24, 2.45) is 0 Å². The monoisotopic (exact) mass is 753 g/mol. The van der Waals surface area contributed by atoms with Gasteiger partial charge in [-0.1, -0.05) is 146 Å². The van der Waals surface area contributed by atoms with Gasteiger partial charge in [0.15, 0.2) is 11.4 Å². The molecule has 0 N–H and O–H groups in total. The van der Waals surface area contributed by atoms with Crippen molar-refractivity contribution in [3.63, 3.8) is 0 Å². The second-order valence-electron chi connectivity index (χ2n) is 14.8. The zero-order valence-electron chi connectivity index (χ0n) is 31.5. The summed E-state index contributed by atoms with van der Waals surface area (Å²) < 4.78 is 11.8. The Balaban J connectivity index is 1.25. The number of para-hydroxylation sites is 5. The van der Waals surface area contributed by atoms with Crippen molar-refractivity contribution in [3.8, 4) is 51.3 Å². The highest BCUT2D eigenvalue weighted by Crippen LogP contribution is 2.46. The van der Waals surface area contributed by atoms with Crippen LogP contribution in [0.15, 0.2) is 192 Å². The summed E-state index contributed by atoms with van der Waals surface area (Å²) in [5.41, 5.74) is 11.8. The number of hydrogen-bond acceptors (Lipinski definition) is 4. The number of rotatable bonds is 5. The van der Waals surface area contributed by atoms with Crippen molar-refractivity contribution in [1.29, 1.82) is 5.26 Å². The summed E-state index contributed by atoms with van der Waals surface area (Å²) in [5.74, 6) is 0.624. The lowest BCUT2D eigenvalue weighted by molar-refractivity contribution is 0.667. The van der Waals surface area contributed by atoms with E-state index in [1.807, 2.05) is 60.7 Å². The minimum absolute atomic E-state index is 0.536. The van der Waals surface area contributed by atoms with Gasteiger partial charge in [-0.25, -0.2) is 9.97 Å². The van der Waals surface area contributed by atoms with Crippen LogP contribution in [-0.2, 0) is 0 Å². The Morgan fingerprint density at radius 2 is 0.932 bits per heavy atom. The van der Waals surface area contributed by atoms with Crippen LogP contribution in [0.3, 0.4) is 0 Å². The molecule has 4 aromatic heterocycles. The second-order valence-corrected chi connectivity index (χ2v) is 14.8. The molecule has 0 saturated carbocycles. The Bertz CT molecular complexity index is 3520. The maximum atomic E-state index is 11.3. The van der Waals surface area contributed by atoms with E-state index in [9.17, 15) is 5.26 Å². The van der Waals surface area contributed by atoms with Gasteiger partial charge in [0.05, 0.1) is 55.8 Å². The zero-order chi connectivity index (χ0) is 39.0. The molecule has 274 valence electrons. The zero-order valence-corrected chi connectivity index (χ0v) is 31.5.